The molecule has 1 rings (SSSR count). The zero-order valence-corrected chi connectivity index (χ0v) is 7.24. The highest BCUT2D eigenvalue weighted by molar-refractivity contribution is 6.92. The van der Waals surface area contributed by atoms with E-state index in [1.54, 1.807) is 0 Å². The Balaban J connectivity index is 0.000000810. The second-order valence-electron chi connectivity index (χ2n) is 1.54. The third-order valence-electron chi connectivity index (χ3n) is 0.904. The monoisotopic (exact) mass is 182 g/mol. The van der Waals surface area contributed by atoms with E-state index in [2.05, 4.69) is 0 Å². The van der Waals surface area contributed by atoms with Crippen LogP contribution in [-0.2, 0) is 0 Å². The third kappa shape index (κ3) is 1.89. The van der Waals surface area contributed by atoms with Gasteiger partial charge in [-0.05, 0) is 12.1 Å². The molecule has 0 N–H and O–H groups in total. The van der Waals surface area contributed by atoms with Crippen LogP contribution in [0, 0.1) is 11.6 Å². The molecule has 1 unspecified atom stereocenters. The van der Waals surface area contributed by atoms with Gasteiger partial charge in [0.1, 0.15) is 0 Å². The Morgan fingerprint density at radius 3 is 2.20 bits per heavy atom. The van der Waals surface area contributed by atoms with Crippen LogP contribution in [0.5, 0.6) is 0 Å². The van der Waals surface area contributed by atoms with Gasteiger partial charge >= 0.3 is 0 Å². The largest absolute Gasteiger partial charge is 0.204 e. The van der Waals surface area contributed by atoms with Gasteiger partial charge in [-0.3, -0.25) is 0 Å². The Morgan fingerprint density at radius 2 is 1.80 bits per heavy atom. The fraction of sp³-hybridized carbons (Fsp3) is 0. The first kappa shape index (κ1) is 9.80. The molecule has 0 spiro atoms. The summed E-state index contributed by atoms with van der Waals surface area (Å²) >= 11 is 5.20. The van der Waals surface area contributed by atoms with Gasteiger partial charge in [0.25, 0.3) is 0 Å². The molecule has 10 heavy (non-hydrogen) atoms. The lowest BCUT2D eigenvalue weighted by Gasteiger charge is -1.91. The molecular formula is C6H6ClF2P. The van der Waals surface area contributed by atoms with Crippen LogP contribution < -0.4 is 0 Å². The van der Waals surface area contributed by atoms with Crippen LogP contribution in [0.1, 0.15) is 0 Å². The summed E-state index contributed by atoms with van der Waals surface area (Å²) in [6.45, 7) is 0. The molecule has 4 heteroatoms. The zero-order valence-electron chi connectivity index (χ0n) is 5.07. The molecule has 0 saturated heterocycles. The number of halogens is 3. The number of hydrogen-bond acceptors (Lipinski definition) is 0. The fourth-order valence-electron chi connectivity index (χ4n) is 0.477. The molecule has 1 aromatic rings. The lowest BCUT2D eigenvalue weighted by atomic mass is 10.3. The van der Waals surface area contributed by atoms with Crippen LogP contribution in [-0.4, -0.2) is 0 Å². The predicted octanol–water partition coefficient (Wildman–Crippen LogP) is 2.68. The van der Waals surface area contributed by atoms with E-state index in [0.717, 1.165) is 6.07 Å². The molecule has 0 radical (unpaired) electrons. The average Bonchev–Trinajstić information content (AvgIpc) is 1.83. The molecule has 0 aliphatic heterocycles. The van der Waals surface area contributed by atoms with Crippen molar-refractivity contribution in [3.8, 4) is 0 Å². The minimum absolute atomic E-state index is 0. The minimum Gasteiger partial charge on any atom is -0.204 e. The summed E-state index contributed by atoms with van der Waals surface area (Å²) < 4.78 is 24.3. The summed E-state index contributed by atoms with van der Waals surface area (Å²) in [5.41, 5.74) is 0. The summed E-state index contributed by atoms with van der Waals surface area (Å²) in [5, 5.41) is -0.185. The van der Waals surface area contributed by atoms with Gasteiger partial charge in [0.2, 0.25) is 0 Å². The molecule has 1 aromatic carbocycles. The van der Waals surface area contributed by atoms with E-state index in [9.17, 15) is 8.78 Å². The summed E-state index contributed by atoms with van der Waals surface area (Å²) in [6.07, 6.45) is 0. The highest BCUT2D eigenvalue weighted by Gasteiger charge is 2.02. The molecule has 0 nitrogen and oxygen atoms in total. The Labute approximate surface area is 65.8 Å². The SMILES string of the molecule is Fc1cccc(Cl)c1F.P. The van der Waals surface area contributed by atoms with E-state index in [-0.39, 0.29) is 14.9 Å². The van der Waals surface area contributed by atoms with Crippen molar-refractivity contribution in [3.05, 3.63) is 34.9 Å². The highest BCUT2D eigenvalue weighted by atomic mass is 35.5. The smallest absolute Gasteiger partial charge is 0.177 e. The van der Waals surface area contributed by atoms with Crippen molar-refractivity contribution in [2.24, 2.45) is 0 Å². The molecule has 1 atom stereocenters. The minimum atomic E-state index is -0.987. The van der Waals surface area contributed by atoms with Gasteiger partial charge < -0.3 is 0 Å². The van der Waals surface area contributed by atoms with E-state index in [1.165, 1.54) is 12.1 Å². The molecule has 0 saturated carbocycles. The van der Waals surface area contributed by atoms with E-state index in [4.69, 9.17) is 11.6 Å². The predicted molar refractivity (Wildman–Crippen MR) is 42.5 cm³/mol. The summed E-state index contributed by atoms with van der Waals surface area (Å²) in [4.78, 5) is 0. The molecule has 0 amide bonds. The highest BCUT2D eigenvalue weighted by Crippen LogP contribution is 2.15. The van der Waals surface area contributed by atoms with Crippen LogP contribution in [0.3, 0.4) is 0 Å². The first-order chi connectivity index (χ1) is 4.22. The zero-order chi connectivity index (χ0) is 6.85. The standard InChI is InChI=1S/C6H3ClF2.H3P/c7-4-2-1-3-5(8)6(4)9;/h1-3H;1H3. The number of benzene rings is 1. The molecule has 0 aliphatic carbocycles. The van der Waals surface area contributed by atoms with Crippen LogP contribution in [0.25, 0.3) is 0 Å². The summed E-state index contributed by atoms with van der Waals surface area (Å²) in [6, 6.07) is 3.65. The summed E-state index contributed by atoms with van der Waals surface area (Å²) in [7, 11) is 0. The van der Waals surface area contributed by atoms with Gasteiger partial charge in [-0.1, -0.05) is 17.7 Å². The van der Waals surface area contributed by atoms with Crippen molar-refractivity contribution in [1.82, 2.24) is 0 Å². The topological polar surface area (TPSA) is 0 Å². The molecule has 0 heterocycles. The van der Waals surface area contributed by atoms with Crippen molar-refractivity contribution in [1.29, 1.82) is 0 Å². The van der Waals surface area contributed by atoms with Crippen molar-refractivity contribution in [3.63, 3.8) is 0 Å². The maximum atomic E-state index is 12.2. The van der Waals surface area contributed by atoms with Gasteiger partial charge in [0, 0.05) is 0 Å². The Hall–Kier alpha value is -0.200. The third-order valence-corrected chi connectivity index (χ3v) is 1.20. The molecule has 0 aliphatic rings. The van der Waals surface area contributed by atoms with Crippen molar-refractivity contribution in [2.45, 2.75) is 0 Å². The van der Waals surface area contributed by atoms with Gasteiger partial charge in [0.15, 0.2) is 11.6 Å². The second kappa shape index (κ2) is 3.85. The summed E-state index contributed by atoms with van der Waals surface area (Å²) in [5.74, 6) is -1.90. The van der Waals surface area contributed by atoms with Gasteiger partial charge in [-0.25, -0.2) is 8.78 Å². The quantitative estimate of drug-likeness (QED) is 0.428. The molecule has 0 aromatic heterocycles. The molecular weight excluding hydrogens is 176 g/mol. The molecule has 0 fully saturated rings. The average molecular weight is 183 g/mol. The van der Waals surface area contributed by atoms with Crippen molar-refractivity contribution >= 4 is 21.5 Å². The van der Waals surface area contributed by atoms with Crippen LogP contribution in [0.15, 0.2) is 18.2 Å². The lowest BCUT2D eigenvalue weighted by Crippen LogP contribution is -1.81. The fourth-order valence-corrected chi connectivity index (χ4v) is 0.640. The van der Waals surface area contributed by atoms with E-state index in [1.807, 2.05) is 0 Å². The van der Waals surface area contributed by atoms with Gasteiger partial charge in [-0.15, -0.1) is 0 Å². The number of rotatable bonds is 0. The van der Waals surface area contributed by atoms with Crippen LogP contribution in [0.4, 0.5) is 8.78 Å². The normalized spacial score (nSPS) is 8.70. The van der Waals surface area contributed by atoms with Crippen LogP contribution >= 0.6 is 21.5 Å². The maximum Gasteiger partial charge on any atom is 0.177 e. The van der Waals surface area contributed by atoms with Crippen molar-refractivity contribution < 1.29 is 8.78 Å². The van der Waals surface area contributed by atoms with E-state index in [0.29, 0.717) is 0 Å². The van der Waals surface area contributed by atoms with Gasteiger partial charge in [0.05, 0.1) is 5.02 Å². The van der Waals surface area contributed by atoms with Crippen molar-refractivity contribution in [2.75, 3.05) is 0 Å². The maximum absolute atomic E-state index is 12.2. The Bertz CT molecular complexity index is 207. The first-order valence-electron chi connectivity index (χ1n) is 2.31. The van der Waals surface area contributed by atoms with E-state index < -0.39 is 11.6 Å². The number of hydrogen-bond donors (Lipinski definition) is 0. The Morgan fingerprint density at radius 1 is 1.20 bits per heavy atom. The molecule has 0 bridgehead atoms. The first-order valence-corrected chi connectivity index (χ1v) is 2.69. The Kier molecular flexibility index (Phi) is 3.77. The van der Waals surface area contributed by atoms with Crippen LogP contribution in [0.2, 0.25) is 5.02 Å². The lowest BCUT2D eigenvalue weighted by molar-refractivity contribution is 0.509. The van der Waals surface area contributed by atoms with Gasteiger partial charge in [-0.2, -0.15) is 9.90 Å². The molecule has 56 valence electrons. The van der Waals surface area contributed by atoms with E-state index >= 15 is 0 Å². The second-order valence-corrected chi connectivity index (χ2v) is 1.94.